The zero-order valence-electron chi connectivity index (χ0n) is 12.8. The Morgan fingerprint density at radius 2 is 1.24 bits per heavy atom. The van der Waals surface area contributed by atoms with Crippen LogP contribution in [0.1, 0.15) is 11.1 Å². The smallest absolute Gasteiger partial charge is 0.119 e. The molecule has 0 aliphatic rings. The Balaban J connectivity index is 1.54. The molecule has 0 radical (unpaired) electrons. The summed E-state index contributed by atoms with van der Waals surface area (Å²) in [5, 5.41) is 3.31. The molecule has 0 heterocycles. The minimum absolute atomic E-state index is 0.661. The van der Waals surface area contributed by atoms with Gasteiger partial charge in [0.2, 0.25) is 0 Å². The summed E-state index contributed by atoms with van der Waals surface area (Å²) in [6.45, 7) is 7.07. The molecular weight excluding hydrogens is 262 g/mol. The Kier molecular flexibility index (Phi) is 6.10. The lowest BCUT2D eigenvalue weighted by atomic mass is 10.2. The molecule has 0 atom stereocenters. The first-order chi connectivity index (χ1) is 10.2. The minimum atomic E-state index is 0.661. The lowest BCUT2D eigenvalue weighted by molar-refractivity contribution is 0.289. The van der Waals surface area contributed by atoms with E-state index in [0.29, 0.717) is 13.2 Å². The lowest BCUT2D eigenvalue weighted by Gasteiger charge is -2.09. The van der Waals surface area contributed by atoms with E-state index in [9.17, 15) is 0 Å². The monoisotopic (exact) mass is 285 g/mol. The fourth-order valence-electron chi connectivity index (χ4n) is 2.02. The van der Waals surface area contributed by atoms with E-state index >= 15 is 0 Å². The topological polar surface area (TPSA) is 30.5 Å². The van der Waals surface area contributed by atoms with Crippen molar-refractivity contribution in [1.82, 2.24) is 5.32 Å². The first-order valence-electron chi connectivity index (χ1n) is 7.34. The molecule has 21 heavy (non-hydrogen) atoms. The predicted molar refractivity (Wildman–Crippen MR) is 86.2 cm³/mol. The third-order valence-electron chi connectivity index (χ3n) is 3.07. The van der Waals surface area contributed by atoms with E-state index in [1.54, 1.807) is 0 Å². The summed E-state index contributed by atoms with van der Waals surface area (Å²) in [6.07, 6.45) is 0. The van der Waals surface area contributed by atoms with Gasteiger partial charge in [-0.1, -0.05) is 24.3 Å². The molecule has 0 spiro atoms. The van der Waals surface area contributed by atoms with Crippen molar-refractivity contribution in [2.45, 2.75) is 13.8 Å². The third kappa shape index (κ3) is 5.88. The van der Waals surface area contributed by atoms with Gasteiger partial charge in [0.1, 0.15) is 24.7 Å². The van der Waals surface area contributed by atoms with Gasteiger partial charge in [-0.2, -0.15) is 0 Å². The molecule has 2 aromatic carbocycles. The Morgan fingerprint density at radius 1 is 0.762 bits per heavy atom. The molecule has 1 N–H and O–H groups in total. The summed E-state index contributed by atoms with van der Waals surface area (Å²) >= 11 is 0. The minimum Gasteiger partial charge on any atom is -0.492 e. The van der Waals surface area contributed by atoms with E-state index in [2.05, 4.69) is 31.3 Å². The average molecular weight is 285 g/mol. The van der Waals surface area contributed by atoms with Crippen molar-refractivity contribution >= 4 is 0 Å². The molecule has 3 heteroatoms. The molecule has 0 fully saturated rings. The van der Waals surface area contributed by atoms with Crippen LogP contribution in [-0.4, -0.2) is 26.3 Å². The number of nitrogens with one attached hydrogen (secondary N) is 1. The van der Waals surface area contributed by atoms with Gasteiger partial charge in [0.15, 0.2) is 0 Å². The quantitative estimate of drug-likeness (QED) is 0.755. The van der Waals surface area contributed by atoms with Crippen LogP contribution in [0.4, 0.5) is 0 Å². The van der Waals surface area contributed by atoms with Gasteiger partial charge in [-0.15, -0.1) is 0 Å². The van der Waals surface area contributed by atoms with Gasteiger partial charge in [-0.3, -0.25) is 0 Å². The van der Waals surface area contributed by atoms with Crippen LogP contribution < -0.4 is 14.8 Å². The zero-order valence-corrected chi connectivity index (χ0v) is 12.8. The van der Waals surface area contributed by atoms with Crippen LogP contribution in [-0.2, 0) is 0 Å². The molecule has 0 saturated heterocycles. The second kappa shape index (κ2) is 8.32. The van der Waals surface area contributed by atoms with Gasteiger partial charge >= 0.3 is 0 Å². The molecular formula is C18H23NO2. The molecule has 0 aliphatic carbocycles. The zero-order chi connectivity index (χ0) is 14.9. The summed E-state index contributed by atoms with van der Waals surface area (Å²) in [5.74, 6) is 1.85. The van der Waals surface area contributed by atoms with E-state index in [-0.39, 0.29) is 0 Å². The third-order valence-corrected chi connectivity index (χ3v) is 3.07. The van der Waals surface area contributed by atoms with Crippen LogP contribution in [0.25, 0.3) is 0 Å². The van der Waals surface area contributed by atoms with Crippen LogP contribution in [0.3, 0.4) is 0 Å². The highest BCUT2D eigenvalue weighted by Crippen LogP contribution is 2.12. The summed E-state index contributed by atoms with van der Waals surface area (Å²) in [6, 6.07) is 16.2. The largest absolute Gasteiger partial charge is 0.492 e. The molecule has 0 aromatic heterocycles. The number of benzene rings is 2. The molecule has 0 bridgehead atoms. The maximum absolute atomic E-state index is 5.66. The maximum atomic E-state index is 5.66. The Hall–Kier alpha value is -2.00. The second-order valence-corrected chi connectivity index (χ2v) is 5.08. The van der Waals surface area contributed by atoms with E-state index in [4.69, 9.17) is 9.47 Å². The van der Waals surface area contributed by atoms with Gasteiger partial charge in [-0.25, -0.2) is 0 Å². The molecule has 112 valence electrons. The molecule has 3 nitrogen and oxygen atoms in total. The van der Waals surface area contributed by atoms with Crippen molar-refractivity contribution in [2.24, 2.45) is 0 Å². The van der Waals surface area contributed by atoms with Crippen molar-refractivity contribution in [3.8, 4) is 11.5 Å². The Bertz CT molecular complexity index is 505. The lowest BCUT2D eigenvalue weighted by Crippen LogP contribution is -2.25. The van der Waals surface area contributed by atoms with Gasteiger partial charge < -0.3 is 14.8 Å². The summed E-state index contributed by atoms with van der Waals surface area (Å²) in [4.78, 5) is 0. The highest BCUT2D eigenvalue weighted by atomic mass is 16.5. The van der Waals surface area contributed by atoms with Gasteiger partial charge in [-0.05, 0) is 49.2 Å². The van der Waals surface area contributed by atoms with Crippen LogP contribution in [0.5, 0.6) is 11.5 Å². The number of rotatable bonds is 8. The van der Waals surface area contributed by atoms with E-state index in [0.717, 1.165) is 24.6 Å². The number of hydrogen-bond donors (Lipinski definition) is 1. The number of ether oxygens (including phenoxy) is 2. The van der Waals surface area contributed by atoms with Crippen LogP contribution >= 0.6 is 0 Å². The van der Waals surface area contributed by atoms with Crippen molar-refractivity contribution in [2.75, 3.05) is 26.3 Å². The predicted octanol–water partition coefficient (Wildman–Crippen LogP) is 3.35. The number of hydrogen-bond acceptors (Lipinski definition) is 3. The van der Waals surface area contributed by atoms with Gasteiger partial charge in [0.05, 0.1) is 0 Å². The maximum Gasteiger partial charge on any atom is 0.119 e. The molecule has 2 rings (SSSR count). The van der Waals surface area contributed by atoms with Crippen molar-refractivity contribution in [3.63, 3.8) is 0 Å². The first kappa shape index (κ1) is 15.4. The summed E-state index contributed by atoms with van der Waals surface area (Å²) in [5.41, 5.74) is 2.43. The second-order valence-electron chi connectivity index (χ2n) is 5.08. The Labute approximate surface area is 126 Å². The van der Waals surface area contributed by atoms with Crippen molar-refractivity contribution in [3.05, 3.63) is 59.7 Å². The standard InChI is InChI=1S/C18H23NO2/c1-15-5-3-7-17(13-15)20-11-9-19-10-12-21-18-8-4-6-16(2)14-18/h3-8,13-14,19H,9-12H2,1-2H3. The highest BCUT2D eigenvalue weighted by Gasteiger charge is 1.95. The highest BCUT2D eigenvalue weighted by molar-refractivity contribution is 5.28. The summed E-state index contributed by atoms with van der Waals surface area (Å²) < 4.78 is 11.3. The summed E-state index contributed by atoms with van der Waals surface area (Å²) in [7, 11) is 0. The Morgan fingerprint density at radius 3 is 1.67 bits per heavy atom. The van der Waals surface area contributed by atoms with Gasteiger partial charge in [0.25, 0.3) is 0 Å². The van der Waals surface area contributed by atoms with Crippen LogP contribution in [0, 0.1) is 13.8 Å². The van der Waals surface area contributed by atoms with E-state index in [1.807, 2.05) is 36.4 Å². The van der Waals surface area contributed by atoms with E-state index < -0.39 is 0 Å². The fourth-order valence-corrected chi connectivity index (χ4v) is 2.02. The first-order valence-corrected chi connectivity index (χ1v) is 7.34. The van der Waals surface area contributed by atoms with E-state index in [1.165, 1.54) is 11.1 Å². The fraction of sp³-hybridized carbons (Fsp3) is 0.333. The molecule has 0 aliphatic heterocycles. The molecule has 2 aromatic rings. The molecule has 0 amide bonds. The number of aryl methyl sites for hydroxylation is 2. The van der Waals surface area contributed by atoms with Crippen LogP contribution in [0.15, 0.2) is 48.5 Å². The average Bonchev–Trinajstić information content (AvgIpc) is 2.46. The SMILES string of the molecule is Cc1cccc(OCCNCCOc2cccc(C)c2)c1. The van der Waals surface area contributed by atoms with Crippen LogP contribution in [0.2, 0.25) is 0 Å². The normalized spacial score (nSPS) is 10.4. The molecule has 0 saturated carbocycles. The van der Waals surface area contributed by atoms with Crippen molar-refractivity contribution in [1.29, 1.82) is 0 Å². The van der Waals surface area contributed by atoms with Crippen molar-refractivity contribution < 1.29 is 9.47 Å². The molecule has 0 unspecified atom stereocenters. The van der Waals surface area contributed by atoms with Gasteiger partial charge in [0, 0.05) is 13.1 Å².